The number of anilines is 3. The predicted octanol–water partition coefficient (Wildman–Crippen LogP) is 8.72. The Morgan fingerprint density at radius 3 is 1.63 bits per heavy atom. The number of thioether (sulfide) groups is 2. The molecule has 62 heavy (non-hydrogen) atoms. The van der Waals surface area contributed by atoms with Crippen LogP contribution in [0.1, 0.15) is 49.1 Å². The molecule has 2 amide bonds. The molecule has 2 N–H and O–H groups in total. The van der Waals surface area contributed by atoms with Crippen molar-refractivity contribution in [2.45, 2.75) is 57.0 Å². The molecule has 20 nitrogen and oxygen atoms in total. The second-order valence-electron chi connectivity index (χ2n) is 11.8. The third kappa shape index (κ3) is 16.0. The first-order valence-corrected chi connectivity index (χ1v) is 21.3. The number of methoxy groups -OCH3 is 2. The number of halogens is 1. The third-order valence-corrected chi connectivity index (χ3v) is 9.03. The topological polar surface area (TPSA) is 251 Å². The maximum atomic E-state index is 12.5. The summed E-state index contributed by atoms with van der Waals surface area (Å²) in [5.74, 6) is 2.63. The number of nitro groups is 2. The van der Waals surface area contributed by atoms with Crippen LogP contribution in [0, 0.1) is 32.6 Å². The van der Waals surface area contributed by atoms with Crippen LogP contribution in [0.15, 0.2) is 58.8 Å². The fourth-order valence-corrected chi connectivity index (χ4v) is 6.01. The van der Waals surface area contributed by atoms with Crippen LogP contribution in [0.2, 0.25) is 5.15 Å². The fourth-order valence-electron chi connectivity index (χ4n) is 5.00. The number of ether oxygens (including phenoxy) is 5. The predicted molar refractivity (Wildman–Crippen MR) is 242 cm³/mol. The molecule has 0 aliphatic carbocycles. The molecule has 2 aromatic heterocycles. The van der Waals surface area contributed by atoms with E-state index in [-0.39, 0.29) is 60.6 Å². The van der Waals surface area contributed by atoms with Gasteiger partial charge in [0.05, 0.1) is 50.4 Å². The van der Waals surface area contributed by atoms with Gasteiger partial charge in [-0.2, -0.15) is 15.0 Å². The summed E-state index contributed by atoms with van der Waals surface area (Å²) in [7, 11) is 3.03. The van der Waals surface area contributed by atoms with Gasteiger partial charge in [-0.3, -0.25) is 30.0 Å². The van der Waals surface area contributed by atoms with Gasteiger partial charge in [-0.1, -0.05) is 59.4 Å². The summed E-state index contributed by atoms with van der Waals surface area (Å²) in [4.78, 5) is 64.8. The van der Waals surface area contributed by atoms with Crippen molar-refractivity contribution in [3.63, 3.8) is 0 Å². The largest absolute Gasteiger partial charge is 0.497 e. The van der Waals surface area contributed by atoms with Crippen molar-refractivity contribution >= 4 is 76.1 Å². The SMILES string of the molecule is C#CC.C1CCOC1.CCOC(=O)N(Cc1cccc(OC)c1)c1nc(SC)nc(Cl)c1[N+](=O)[O-].CCOC(=O)N(Cc1cccc(OC)c1)c1nc(SC)nc(N)c1[N+](=O)[O-].[2HH].[2H][2H]. The quantitative estimate of drug-likeness (QED) is 0.0310. The zero-order chi connectivity index (χ0) is 48.2. The van der Waals surface area contributed by atoms with E-state index >= 15 is 0 Å². The van der Waals surface area contributed by atoms with E-state index in [0.29, 0.717) is 22.6 Å². The number of rotatable bonds is 14. The molecule has 0 atom stereocenters. The molecule has 0 unspecified atom stereocenters. The lowest BCUT2D eigenvalue weighted by Crippen LogP contribution is -2.33. The van der Waals surface area contributed by atoms with Gasteiger partial charge in [0.15, 0.2) is 10.3 Å². The van der Waals surface area contributed by atoms with Gasteiger partial charge in [-0.15, -0.1) is 12.3 Å². The first-order valence-electron chi connectivity index (χ1n) is 19.4. The summed E-state index contributed by atoms with van der Waals surface area (Å²) in [5.41, 5.74) is 5.96. The number of hydrogen-bond acceptors (Lipinski definition) is 18. The van der Waals surface area contributed by atoms with Crippen molar-refractivity contribution in [2.24, 2.45) is 0 Å². The lowest BCUT2D eigenvalue weighted by molar-refractivity contribution is -0.384. The zero-order valence-corrected chi connectivity index (χ0v) is 37.6. The van der Waals surface area contributed by atoms with Gasteiger partial charge in [-0.05, 0) is 81.5 Å². The molecule has 0 saturated carbocycles. The Kier molecular flexibility index (Phi) is 22.4. The summed E-state index contributed by atoms with van der Waals surface area (Å²) in [6.45, 7) is 7.06. The monoisotopic (exact) mass is 924 g/mol. The number of amides is 2. The molecule has 23 heteroatoms. The minimum Gasteiger partial charge on any atom is -0.497 e. The molecule has 0 radical (unpaired) electrons. The van der Waals surface area contributed by atoms with Gasteiger partial charge in [0.2, 0.25) is 22.6 Å². The Hall–Kier alpha value is -6.15. The van der Waals surface area contributed by atoms with Crippen molar-refractivity contribution < 1.29 is 47.5 Å². The van der Waals surface area contributed by atoms with Crippen LogP contribution in [0.4, 0.5) is 38.4 Å². The van der Waals surface area contributed by atoms with Crippen LogP contribution in [0.3, 0.4) is 0 Å². The number of nitrogens with two attached hydrogens (primary N) is 1. The molecule has 1 fully saturated rings. The number of aromatic nitrogens is 4. The minimum absolute atomic E-state index is 0. The molecular weight excluding hydrogens is 870 g/mol. The molecule has 5 rings (SSSR count). The van der Waals surface area contributed by atoms with Gasteiger partial charge >= 0.3 is 23.6 Å². The van der Waals surface area contributed by atoms with Crippen molar-refractivity contribution in [1.82, 2.24) is 19.9 Å². The van der Waals surface area contributed by atoms with Crippen molar-refractivity contribution in [3.8, 4) is 23.8 Å². The lowest BCUT2D eigenvalue weighted by atomic mass is 10.2. The number of nitrogen functional groups attached to an aromatic ring is 1. The van der Waals surface area contributed by atoms with E-state index in [2.05, 4.69) is 32.3 Å². The van der Waals surface area contributed by atoms with Crippen molar-refractivity contribution in [2.75, 3.05) is 68.7 Å². The van der Waals surface area contributed by atoms with Crippen LogP contribution in [-0.4, -0.2) is 95.1 Å². The maximum absolute atomic E-state index is 12.5. The Labute approximate surface area is 377 Å². The third-order valence-electron chi connectivity index (χ3n) is 7.67. The highest BCUT2D eigenvalue weighted by Gasteiger charge is 2.33. The molecule has 1 aliphatic heterocycles. The van der Waals surface area contributed by atoms with Crippen LogP contribution >= 0.6 is 35.1 Å². The van der Waals surface area contributed by atoms with E-state index in [1.807, 2.05) is 0 Å². The summed E-state index contributed by atoms with van der Waals surface area (Å²) in [6.07, 6.45) is 8.97. The first kappa shape index (κ1) is 50.2. The average molecular weight is 926 g/mol. The Bertz CT molecular complexity index is 2030. The average Bonchev–Trinajstić information content (AvgIpc) is 3.89. The summed E-state index contributed by atoms with van der Waals surface area (Å²) in [6, 6.07) is 13.9. The Morgan fingerprint density at radius 2 is 1.27 bits per heavy atom. The van der Waals surface area contributed by atoms with Crippen LogP contribution < -0.4 is 25.0 Å². The van der Waals surface area contributed by atoms with Crippen LogP contribution in [0.5, 0.6) is 11.5 Å². The van der Waals surface area contributed by atoms with Gasteiger partial charge in [0, 0.05) is 17.6 Å². The van der Waals surface area contributed by atoms with E-state index in [0.717, 1.165) is 46.5 Å². The normalized spacial score (nSPS) is 11.2. The number of terminal acetylenes is 1. The van der Waals surface area contributed by atoms with E-state index in [1.165, 1.54) is 27.1 Å². The van der Waals surface area contributed by atoms with E-state index in [4.69, 9.17) is 44.0 Å². The van der Waals surface area contributed by atoms with Gasteiger partial charge < -0.3 is 29.4 Å². The van der Waals surface area contributed by atoms with E-state index in [1.54, 1.807) is 81.8 Å². The molecular formula is C39H52ClN9O11S2. The van der Waals surface area contributed by atoms with Gasteiger partial charge in [-0.25, -0.2) is 14.6 Å². The second kappa shape index (κ2) is 27.6. The van der Waals surface area contributed by atoms with E-state index < -0.39 is 33.4 Å². The summed E-state index contributed by atoms with van der Waals surface area (Å²) in [5, 5.41) is 23.1. The molecule has 4 aromatic rings. The van der Waals surface area contributed by atoms with Crippen molar-refractivity contribution in [1.29, 1.82) is 0 Å². The van der Waals surface area contributed by atoms with Crippen molar-refractivity contribution in [3.05, 3.63) is 85.0 Å². The Morgan fingerprint density at radius 1 is 0.855 bits per heavy atom. The lowest BCUT2D eigenvalue weighted by Gasteiger charge is -2.21. The highest BCUT2D eigenvalue weighted by molar-refractivity contribution is 7.98. The smallest absolute Gasteiger partial charge is 0.415 e. The highest BCUT2D eigenvalue weighted by Crippen LogP contribution is 2.36. The second-order valence-corrected chi connectivity index (χ2v) is 13.7. The standard InChI is InChI=1S/C16H17ClN4O5S.C16H19N5O5S.C4H8O.C3H4.2H2/c2*1-4-26-16(22)20(9-10-6-5-7-11(8-10)25-2)14-12(21(23)24)13(17)18-15(19-14)27-3;1-2-4-5-3-1;1-3-2;;/h5-8H,4,9H2,1-3H3;5-8H,4,9H2,1-3H3,(H2,17,18,19);1-4H2;1H,2H3;2*1H/i;;;;1+1D;1+1. The van der Waals surface area contributed by atoms with Gasteiger partial charge in [0.25, 0.3) is 0 Å². The molecule has 1 saturated heterocycles. The van der Waals surface area contributed by atoms with Gasteiger partial charge in [0.1, 0.15) is 11.5 Å². The summed E-state index contributed by atoms with van der Waals surface area (Å²) >= 11 is 8.27. The maximum Gasteiger partial charge on any atom is 0.415 e. The number of nitrogens with zero attached hydrogens (tertiary/aromatic N) is 8. The fraction of sp³-hybridized carbons (Fsp3) is 0.385. The molecule has 338 valence electrons. The zero-order valence-electron chi connectivity index (χ0n) is 37.2. The summed E-state index contributed by atoms with van der Waals surface area (Å²) < 4.78 is 35.4. The van der Waals surface area contributed by atoms with Crippen LogP contribution in [0.25, 0.3) is 0 Å². The van der Waals surface area contributed by atoms with E-state index in [9.17, 15) is 29.8 Å². The number of hydrogen-bond donors (Lipinski definition) is 1. The number of benzene rings is 2. The molecule has 0 spiro atoms. The molecule has 2 aromatic carbocycles. The number of carbonyl (C=O) groups is 2. The minimum atomic E-state index is -0.787. The molecule has 3 heterocycles. The Balaban J connectivity index is 0.00000103. The number of carbonyl (C=O) groups excluding carboxylic acids is 2. The molecule has 0 bridgehead atoms. The molecule has 1 aliphatic rings. The highest BCUT2D eigenvalue weighted by atomic mass is 35.5. The first-order chi connectivity index (χ1) is 30.7. The van der Waals surface area contributed by atoms with Crippen LogP contribution in [-0.2, 0) is 27.3 Å².